The van der Waals surface area contributed by atoms with Gasteiger partial charge in [-0.1, -0.05) is 60.7 Å². The Morgan fingerprint density at radius 3 is 2.16 bits per heavy atom. The average Bonchev–Trinajstić information content (AvgIpc) is 3.27. The normalized spacial score (nSPS) is 17.6. The minimum Gasteiger partial charge on any atom is -0.399 e. The molecule has 158 valence electrons. The zero-order valence-electron chi connectivity index (χ0n) is 18.8. The molecule has 1 aliphatic rings. The van der Waals surface area contributed by atoms with Crippen LogP contribution in [0.4, 0.5) is 0 Å². The number of rotatable bonds is 2. The summed E-state index contributed by atoms with van der Waals surface area (Å²) < 4.78 is 14.7. The van der Waals surface area contributed by atoms with Crippen LogP contribution in [0.1, 0.15) is 27.7 Å². The van der Waals surface area contributed by atoms with Crippen LogP contribution in [0.3, 0.4) is 0 Å². The van der Waals surface area contributed by atoms with Crippen molar-refractivity contribution in [3.63, 3.8) is 0 Å². The summed E-state index contributed by atoms with van der Waals surface area (Å²) in [4.78, 5) is 5.07. The fourth-order valence-corrected chi connectivity index (χ4v) is 4.50. The van der Waals surface area contributed by atoms with Crippen LogP contribution in [-0.2, 0) is 9.31 Å². The highest BCUT2D eigenvalue weighted by atomic mass is 16.7. The smallest absolute Gasteiger partial charge is 0.399 e. The first-order valence-corrected chi connectivity index (χ1v) is 11.1. The Bertz CT molecular complexity index is 1470. The van der Waals surface area contributed by atoms with E-state index in [0.717, 1.165) is 33.3 Å². The number of aromatic nitrogens is 2. The molecule has 3 heterocycles. The van der Waals surface area contributed by atoms with E-state index in [1.807, 2.05) is 6.07 Å². The third-order valence-corrected chi connectivity index (χ3v) is 7.02. The van der Waals surface area contributed by atoms with Crippen molar-refractivity contribution >= 4 is 39.9 Å². The molecule has 0 saturated carbocycles. The van der Waals surface area contributed by atoms with Gasteiger partial charge in [-0.3, -0.25) is 4.40 Å². The Morgan fingerprint density at radius 2 is 1.41 bits per heavy atom. The van der Waals surface area contributed by atoms with Crippen molar-refractivity contribution < 1.29 is 9.31 Å². The lowest BCUT2D eigenvalue weighted by molar-refractivity contribution is 0.00578. The largest absolute Gasteiger partial charge is 0.494 e. The van der Waals surface area contributed by atoms with Crippen molar-refractivity contribution in [2.24, 2.45) is 0 Å². The zero-order chi connectivity index (χ0) is 22.1. The highest BCUT2D eigenvalue weighted by Crippen LogP contribution is 2.37. The van der Waals surface area contributed by atoms with Gasteiger partial charge in [0.05, 0.1) is 27.8 Å². The molecule has 0 aliphatic carbocycles. The van der Waals surface area contributed by atoms with Crippen molar-refractivity contribution in [2.75, 3.05) is 0 Å². The molecule has 2 aromatic heterocycles. The summed E-state index contributed by atoms with van der Waals surface area (Å²) in [5.41, 5.74) is 4.68. The molecule has 5 aromatic rings. The van der Waals surface area contributed by atoms with Gasteiger partial charge in [-0.15, -0.1) is 0 Å². The first-order valence-electron chi connectivity index (χ1n) is 11.1. The molecule has 0 spiro atoms. The number of para-hydroxylation sites is 2. The molecule has 3 aromatic carbocycles. The van der Waals surface area contributed by atoms with Crippen LogP contribution in [0.15, 0.2) is 78.9 Å². The van der Waals surface area contributed by atoms with Crippen molar-refractivity contribution in [1.29, 1.82) is 0 Å². The Kier molecular flexibility index (Phi) is 4.08. The Morgan fingerprint density at radius 1 is 0.750 bits per heavy atom. The van der Waals surface area contributed by atoms with Gasteiger partial charge in [0.25, 0.3) is 0 Å². The standard InChI is InChI=1S/C27H25BN2O2/c1-26(2)27(3,4)32-28(31-26)20-15-13-18(14-16-20)25-29-22-11-7-6-10-21(22)24-17-19-9-5-8-12-23(19)30(24)25/h5-17H,1-4H3. The predicted octanol–water partition coefficient (Wildman–Crippen LogP) is 5.61. The van der Waals surface area contributed by atoms with Crippen molar-refractivity contribution in [2.45, 2.75) is 38.9 Å². The number of fused-ring (bicyclic) bond motifs is 5. The first kappa shape index (κ1) is 19.5. The summed E-state index contributed by atoms with van der Waals surface area (Å²) in [6.07, 6.45) is 0. The second kappa shape index (κ2) is 6.68. The minimum absolute atomic E-state index is 0.355. The lowest BCUT2D eigenvalue weighted by atomic mass is 9.79. The Labute approximate surface area is 187 Å². The maximum Gasteiger partial charge on any atom is 0.494 e. The Hall–Kier alpha value is -3.15. The maximum absolute atomic E-state index is 6.23. The van der Waals surface area contributed by atoms with Gasteiger partial charge in [0, 0.05) is 16.3 Å². The van der Waals surface area contributed by atoms with Gasteiger partial charge in [-0.25, -0.2) is 4.98 Å². The minimum atomic E-state index is -0.369. The SMILES string of the molecule is CC1(C)OB(c2ccc(-c3nc4ccccc4c4cc5ccccc5n34)cc2)OC1(C)C. The van der Waals surface area contributed by atoms with Crippen molar-refractivity contribution in [1.82, 2.24) is 9.38 Å². The lowest BCUT2D eigenvalue weighted by Gasteiger charge is -2.32. The molecule has 0 radical (unpaired) electrons. The molecule has 0 N–H and O–H groups in total. The average molecular weight is 420 g/mol. The van der Waals surface area contributed by atoms with E-state index in [2.05, 4.69) is 105 Å². The summed E-state index contributed by atoms with van der Waals surface area (Å²) in [6.45, 7) is 8.31. The van der Waals surface area contributed by atoms with Gasteiger partial charge in [-0.05, 0) is 51.4 Å². The topological polar surface area (TPSA) is 35.8 Å². The first-order chi connectivity index (χ1) is 15.3. The van der Waals surface area contributed by atoms with Crippen LogP contribution in [0, 0.1) is 0 Å². The zero-order valence-corrected chi connectivity index (χ0v) is 18.8. The van der Waals surface area contributed by atoms with Crippen LogP contribution in [0.25, 0.3) is 38.7 Å². The van der Waals surface area contributed by atoms with Gasteiger partial charge < -0.3 is 9.31 Å². The third-order valence-electron chi connectivity index (χ3n) is 7.02. The molecule has 0 bridgehead atoms. The second-order valence-corrected chi connectivity index (χ2v) is 9.59. The Balaban J connectivity index is 1.51. The summed E-state index contributed by atoms with van der Waals surface area (Å²) >= 11 is 0. The van der Waals surface area contributed by atoms with Crippen LogP contribution < -0.4 is 5.46 Å². The van der Waals surface area contributed by atoms with E-state index in [9.17, 15) is 0 Å². The van der Waals surface area contributed by atoms with E-state index in [-0.39, 0.29) is 18.3 Å². The molecule has 5 heteroatoms. The molecule has 4 nitrogen and oxygen atoms in total. The number of hydrogen-bond acceptors (Lipinski definition) is 3. The predicted molar refractivity (Wildman–Crippen MR) is 131 cm³/mol. The van der Waals surface area contributed by atoms with Crippen molar-refractivity contribution in [3.05, 3.63) is 78.9 Å². The van der Waals surface area contributed by atoms with E-state index in [4.69, 9.17) is 14.3 Å². The lowest BCUT2D eigenvalue weighted by Crippen LogP contribution is -2.41. The molecule has 6 rings (SSSR count). The quantitative estimate of drug-likeness (QED) is 0.349. The molecular formula is C27H25BN2O2. The van der Waals surface area contributed by atoms with Gasteiger partial charge in [0.1, 0.15) is 5.82 Å². The van der Waals surface area contributed by atoms with Gasteiger partial charge >= 0.3 is 7.12 Å². The third kappa shape index (κ3) is 2.82. The van der Waals surface area contributed by atoms with Crippen LogP contribution in [-0.4, -0.2) is 27.7 Å². The molecule has 0 unspecified atom stereocenters. The molecule has 1 saturated heterocycles. The number of nitrogens with zero attached hydrogens (tertiary/aromatic N) is 2. The molecule has 0 atom stereocenters. The molecular weight excluding hydrogens is 395 g/mol. The van der Waals surface area contributed by atoms with E-state index >= 15 is 0 Å². The van der Waals surface area contributed by atoms with Gasteiger partial charge in [-0.2, -0.15) is 0 Å². The summed E-state index contributed by atoms with van der Waals surface area (Å²) in [6, 6.07) is 27.5. The van der Waals surface area contributed by atoms with Crippen LogP contribution >= 0.6 is 0 Å². The molecule has 1 fully saturated rings. The summed E-state index contributed by atoms with van der Waals surface area (Å²) in [7, 11) is -0.369. The second-order valence-electron chi connectivity index (χ2n) is 9.59. The van der Waals surface area contributed by atoms with E-state index in [1.54, 1.807) is 0 Å². The highest BCUT2D eigenvalue weighted by Gasteiger charge is 2.51. The summed E-state index contributed by atoms with van der Waals surface area (Å²) in [5.74, 6) is 0.931. The fraction of sp³-hybridized carbons (Fsp3) is 0.222. The fourth-order valence-electron chi connectivity index (χ4n) is 4.50. The highest BCUT2D eigenvalue weighted by molar-refractivity contribution is 6.62. The van der Waals surface area contributed by atoms with E-state index in [0.29, 0.717) is 0 Å². The molecule has 0 amide bonds. The van der Waals surface area contributed by atoms with Crippen LogP contribution in [0.2, 0.25) is 0 Å². The molecule has 1 aliphatic heterocycles. The monoisotopic (exact) mass is 420 g/mol. The number of hydrogen-bond donors (Lipinski definition) is 0. The van der Waals surface area contributed by atoms with Gasteiger partial charge in [0.2, 0.25) is 0 Å². The number of benzene rings is 3. The maximum atomic E-state index is 6.23. The van der Waals surface area contributed by atoms with Gasteiger partial charge in [0.15, 0.2) is 0 Å². The molecule has 32 heavy (non-hydrogen) atoms. The van der Waals surface area contributed by atoms with E-state index in [1.165, 1.54) is 10.9 Å². The van der Waals surface area contributed by atoms with Crippen LogP contribution in [0.5, 0.6) is 0 Å². The van der Waals surface area contributed by atoms with Crippen molar-refractivity contribution in [3.8, 4) is 11.4 Å². The summed E-state index contributed by atoms with van der Waals surface area (Å²) in [5, 5.41) is 2.36. The van der Waals surface area contributed by atoms with E-state index < -0.39 is 0 Å².